The van der Waals surface area contributed by atoms with Crippen LogP contribution in [0.5, 0.6) is 0 Å². The summed E-state index contributed by atoms with van der Waals surface area (Å²) in [6, 6.07) is 18.2. The second-order valence-corrected chi connectivity index (χ2v) is 14.9. The molecule has 3 aromatic carbocycles. The summed E-state index contributed by atoms with van der Waals surface area (Å²) in [5.74, 6) is -1.36. The minimum absolute atomic E-state index is 0.0511. The van der Waals surface area contributed by atoms with E-state index in [0.717, 1.165) is 35.3 Å². The largest absolute Gasteiger partial charge is 0.451 e. The third-order valence-electron chi connectivity index (χ3n) is 10.5. The molecule has 59 heavy (non-hydrogen) atoms. The number of unbranched alkanes of at least 4 members (excludes halogenated alkanes) is 2. The molecule has 302 valence electrons. The van der Waals surface area contributed by atoms with Gasteiger partial charge in [-0.1, -0.05) is 42.8 Å². The number of carbonyl (C=O) groups is 5. The molecular weight excluding hydrogens is 759 g/mol. The number of ether oxygens (including phenoxy) is 1. The second-order valence-electron chi connectivity index (χ2n) is 14.9. The fourth-order valence-electron chi connectivity index (χ4n) is 7.49. The van der Waals surface area contributed by atoms with Gasteiger partial charge >= 0.3 is 5.97 Å². The van der Waals surface area contributed by atoms with Crippen LogP contribution >= 0.6 is 0 Å². The van der Waals surface area contributed by atoms with E-state index in [4.69, 9.17) is 14.1 Å². The second kappa shape index (κ2) is 16.1. The third kappa shape index (κ3) is 7.83. The molecule has 1 fully saturated rings. The van der Waals surface area contributed by atoms with E-state index in [9.17, 15) is 29.1 Å². The Kier molecular flexibility index (Phi) is 10.6. The summed E-state index contributed by atoms with van der Waals surface area (Å²) in [5, 5.41) is 30.9. The van der Waals surface area contributed by atoms with Crippen molar-refractivity contribution in [3.63, 3.8) is 0 Å². The number of anilines is 4. The smallest absolute Gasteiger partial charge is 0.339 e. The van der Waals surface area contributed by atoms with Crippen LogP contribution in [0, 0.1) is 0 Å². The van der Waals surface area contributed by atoms with E-state index in [0.29, 0.717) is 47.2 Å². The molecule has 1 saturated heterocycles. The van der Waals surface area contributed by atoms with Crippen molar-refractivity contribution in [2.24, 2.45) is 0 Å². The zero-order chi connectivity index (χ0) is 41.3. The molecule has 17 nitrogen and oxygen atoms in total. The number of nitrogens with zero attached hydrogens (tertiary/aromatic N) is 5. The van der Waals surface area contributed by atoms with E-state index in [1.807, 2.05) is 50.2 Å². The molecule has 3 aliphatic heterocycles. The minimum Gasteiger partial charge on any atom is -0.451 e. The zero-order valence-corrected chi connectivity index (χ0v) is 32.3. The van der Waals surface area contributed by atoms with Crippen LogP contribution in [0.4, 0.5) is 23.1 Å². The summed E-state index contributed by atoms with van der Waals surface area (Å²) in [7, 11) is 0. The molecule has 0 saturated carbocycles. The van der Waals surface area contributed by atoms with Crippen molar-refractivity contribution in [2.45, 2.75) is 70.1 Å². The maximum Gasteiger partial charge on any atom is 0.339 e. The maximum atomic E-state index is 13.4. The van der Waals surface area contributed by atoms with Gasteiger partial charge < -0.3 is 30.2 Å². The summed E-state index contributed by atoms with van der Waals surface area (Å²) in [5.41, 5.74) is 3.33. The highest BCUT2D eigenvalue weighted by molar-refractivity contribution is 6.25. The number of esters is 1. The molecule has 2 atom stereocenters. The highest BCUT2D eigenvalue weighted by atomic mass is 16.6. The average Bonchev–Trinajstić information content (AvgIpc) is 3.87. The fraction of sp³-hybridized carbons (Fsp3) is 0.310. The number of nitrogens with one attached hydrogen (secondary N) is 4. The van der Waals surface area contributed by atoms with E-state index < -0.39 is 41.3 Å². The van der Waals surface area contributed by atoms with Gasteiger partial charge in [0, 0.05) is 42.5 Å². The number of rotatable bonds is 15. The first-order valence-corrected chi connectivity index (χ1v) is 19.4. The number of cyclic esters (lactones) is 1. The van der Waals surface area contributed by atoms with Gasteiger partial charge in [0.25, 0.3) is 17.7 Å². The van der Waals surface area contributed by atoms with E-state index in [-0.39, 0.29) is 48.4 Å². The Hall–Kier alpha value is -7.01. The number of aryl methyl sites for hydroxylation is 1. The quantitative estimate of drug-likeness (QED) is 0.0530. The molecule has 5 aromatic rings. The standard InChI is InChI=1S/C42H41N9O8/c1-42(2)28-20-24(15-16-25(28)40(57)59-42)45-41-44-21-27(35(48-41)46-30(22-52)23-10-5-3-6-11-23)37-50-49-33(58-37)14-7-4-8-19-43-29-13-9-12-26-34(29)39(56)51(38(26)55)31-17-18-32(53)47-36(31)54/h3,5-6,9-13,15-16,20-21,30-31,43,52H,4,7-8,14,17-19,22H2,1-2H3,(H,47,53,54)(H2,44,45,46,48)/t30-,31?/m1/s1. The van der Waals surface area contributed by atoms with Crippen molar-refractivity contribution in [3.05, 3.63) is 107 Å². The zero-order valence-electron chi connectivity index (χ0n) is 32.3. The van der Waals surface area contributed by atoms with Crippen molar-refractivity contribution in [2.75, 3.05) is 29.1 Å². The molecule has 5 heterocycles. The Bertz CT molecular complexity index is 2470. The summed E-state index contributed by atoms with van der Waals surface area (Å²) >= 11 is 0. The molecule has 1 unspecified atom stereocenters. The van der Waals surface area contributed by atoms with Gasteiger partial charge in [-0.05, 0) is 69.0 Å². The third-order valence-corrected chi connectivity index (χ3v) is 10.5. The molecule has 5 N–H and O–H groups in total. The molecule has 17 heteroatoms. The van der Waals surface area contributed by atoms with Gasteiger partial charge in [-0.3, -0.25) is 29.4 Å². The maximum absolute atomic E-state index is 13.4. The van der Waals surface area contributed by atoms with Crippen molar-refractivity contribution < 1.29 is 38.2 Å². The number of hydrogen-bond donors (Lipinski definition) is 5. The molecule has 8 rings (SSSR count). The van der Waals surface area contributed by atoms with Crippen LogP contribution in [0.1, 0.15) is 100 Å². The topological polar surface area (TPSA) is 231 Å². The summed E-state index contributed by atoms with van der Waals surface area (Å²) in [6.07, 6.45) is 4.42. The Morgan fingerprint density at radius 1 is 0.932 bits per heavy atom. The first-order chi connectivity index (χ1) is 28.5. The van der Waals surface area contributed by atoms with Crippen molar-refractivity contribution in [1.82, 2.24) is 30.4 Å². The van der Waals surface area contributed by atoms with Gasteiger partial charge in [-0.15, -0.1) is 10.2 Å². The molecule has 0 bridgehead atoms. The molecule has 0 spiro atoms. The average molecular weight is 800 g/mol. The lowest BCUT2D eigenvalue weighted by molar-refractivity contribution is -0.136. The van der Waals surface area contributed by atoms with Gasteiger partial charge in [-0.25, -0.2) is 9.78 Å². The summed E-state index contributed by atoms with van der Waals surface area (Å²) in [4.78, 5) is 73.2. The number of amides is 4. The Balaban J connectivity index is 0.911. The lowest BCUT2D eigenvalue weighted by atomic mass is 9.95. The van der Waals surface area contributed by atoms with Gasteiger partial charge in [0.05, 0.1) is 34.9 Å². The first kappa shape index (κ1) is 38.8. The Labute approximate surface area is 338 Å². The predicted octanol–water partition coefficient (Wildman–Crippen LogP) is 5.05. The van der Waals surface area contributed by atoms with Crippen molar-refractivity contribution >= 4 is 52.7 Å². The van der Waals surface area contributed by atoms with Crippen molar-refractivity contribution in [3.8, 4) is 11.5 Å². The molecule has 2 aromatic heterocycles. The number of piperidine rings is 1. The van der Waals surface area contributed by atoms with Crippen LogP contribution in [0.2, 0.25) is 0 Å². The normalized spacial score (nSPS) is 17.3. The lowest BCUT2D eigenvalue weighted by Crippen LogP contribution is -2.54. The van der Waals surface area contributed by atoms with Crippen LogP contribution < -0.4 is 21.3 Å². The van der Waals surface area contributed by atoms with E-state index in [1.54, 1.807) is 36.5 Å². The molecule has 3 aliphatic rings. The Morgan fingerprint density at radius 2 is 1.76 bits per heavy atom. The SMILES string of the molecule is CC1(C)OC(=O)c2ccc(Nc3ncc(-c4nnc(CCCCCNc5cccc6c5C(=O)N(C5CCC(=O)NC5=O)C6=O)o4)c(N[C@H](CO)c4ccccc4)n3)cc21. The predicted molar refractivity (Wildman–Crippen MR) is 213 cm³/mol. The minimum atomic E-state index is -1.03. The first-order valence-electron chi connectivity index (χ1n) is 19.4. The number of benzene rings is 3. The number of carbonyl (C=O) groups excluding carboxylic acids is 5. The van der Waals surface area contributed by atoms with E-state index in [2.05, 4.69) is 36.4 Å². The van der Waals surface area contributed by atoms with E-state index >= 15 is 0 Å². The lowest BCUT2D eigenvalue weighted by Gasteiger charge is -2.27. The van der Waals surface area contributed by atoms with Crippen LogP contribution in [0.3, 0.4) is 0 Å². The number of aliphatic hydroxyl groups is 1. The monoisotopic (exact) mass is 799 g/mol. The van der Waals surface area contributed by atoms with E-state index in [1.165, 1.54) is 0 Å². The number of imide groups is 2. The number of hydrogen-bond acceptors (Lipinski definition) is 15. The molecular formula is C42H41N9O8. The highest BCUT2D eigenvalue weighted by Gasteiger charge is 2.45. The highest BCUT2D eigenvalue weighted by Crippen LogP contribution is 2.38. The Morgan fingerprint density at radius 3 is 2.56 bits per heavy atom. The van der Waals surface area contributed by atoms with Crippen LogP contribution in [0.25, 0.3) is 11.5 Å². The molecule has 0 radical (unpaired) electrons. The van der Waals surface area contributed by atoms with Crippen LogP contribution in [0.15, 0.2) is 77.3 Å². The number of fused-ring (bicyclic) bond motifs is 2. The van der Waals surface area contributed by atoms with Crippen molar-refractivity contribution in [1.29, 1.82) is 0 Å². The molecule has 4 amide bonds. The fourth-order valence-corrected chi connectivity index (χ4v) is 7.49. The van der Waals surface area contributed by atoms with Gasteiger partial charge in [0.15, 0.2) is 0 Å². The number of aromatic nitrogens is 4. The van der Waals surface area contributed by atoms with Crippen LogP contribution in [-0.4, -0.2) is 79.0 Å². The van der Waals surface area contributed by atoms with Gasteiger partial charge in [0.2, 0.25) is 23.7 Å². The summed E-state index contributed by atoms with van der Waals surface area (Å²) < 4.78 is 11.6. The van der Waals surface area contributed by atoms with Gasteiger partial charge in [-0.2, -0.15) is 4.98 Å². The molecule has 0 aliphatic carbocycles. The number of aliphatic hydroxyl groups excluding tert-OH is 1. The van der Waals surface area contributed by atoms with Gasteiger partial charge in [0.1, 0.15) is 17.5 Å². The van der Waals surface area contributed by atoms with Crippen LogP contribution in [-0.2, 0) is 26.3 Å². The summed E-state index contributed by atoms with van der Waals surface area (Å²) in [6.45, 7) is 3.95.